The van der Waals surface area contributed by atoms with Crippen molar-refractivity contribution in [3.05, 3.63) is 15.9 Å². The molecule has 0 saturated carbocycles. The maximum Gasteiger partial charge on any atom is 0.305 e. The highest BCUT2D eigenvalue weighted by atomic mass is 79.9. The molecule has 1 rings (SSSR count). The number of anilines is 1. The van der Waals surface area contributed by atoms with Gasteiger partial charge in [-0.3, -0.25) is 4.79 Å². The average Bonchev–Trinajstić information content (AvgIpc) is 2.58. The zero-order chi connectivity index (χ0) is 10.4. The molecular weight excluding hydrogens is 266 g/mol. The van der Waals surface area contributed by atoms with Crippen LogP contribution in [0.5, 0.6) is 0 Å². The first-order valence-electron chi connectivity index (χ1n) is 4.27. The predicted molar refractivity (Wildman–Crippen MR) is 61.8 cm³/mol. The van der Waals surface area contributed by atoms with Gasteiger partial charge in [0.1, 0.15) is 0 Å². The Morgan fingerprint density at radius 1 is 1.71 bits per heavy atom. The van der Waals surface area contributed by atoms with Crippen molar-refractivity contribution in [1.82, 2.24) is 0 Å². The van der Waals surface area contributed by atoms with Gasteiger partial charge >= 0.3 is 5.97 Å². The summed E-state index contributed by atoms with van der Waals surface area (Å²) in [6.07, 6.45) is 1.26. The van der Waals surface area contributed by atoms with E-state index in [1.165, 1.54) is 7.11 Å². The van der Waals surface area contributed by atoms with E-state index >= 15 is 0 Å². The lowest BCUT2D eigenvalue weighted by atomic mass is 10.3. The van der Waals surface area contributed by atoms with E-state index in [9.17, 15) is 4.79 Å². The molecular formula is C9H12BrNO2S. The second-order valence-corrected chi connectivity index (χ2v) is 4.56. The third kappa shape index (κ3) is 4.11. The molecule has 14 heavy (non-hydrogen) atoms. The number of ether oxygens (including phenoxy) is 1. The molecule has 1 aromatic rings. The molecule has 0 aliphatic heterocycles. The number of hydrogen-bond donors (Lipinski definition) is 1. The summed E-state index contributed by atoms with van der Waals surface area (Å²) in [5.41, 5.74) is 0. The largest absolute Gasteiger partial charge is 0.469 e. The van der Waals surface area contributed by atoms with Crippen LogP contribution in [0.25, 0.3) is 0 Å². The van der Waals surface area contributed by atoms with Crippen LogP contribution in [0.4, 0.5) is 5.00 Å². The molecule has 0 atom stereocenters. The molecule has 0 aliphatic rings. The van der Waals surface area contributed by atoms with Crippen molar-refractivity contribution in [3.8, 4) is 0 Å². The van der Waals surface area contributed by atoms with Crippen LogP contribution in [-0.4, -0.2) is 19.6 Å². The third-order valence-electron chi connectivity index (χ3n) is 1.65. The molecule has 0 saturated heterocycles. The maximum atomic E-state index is 10.8. The van der Waals surface area contributed by atoms with E-state index < -0.39 is 0 Å². The molecule has 0 unspecified atom stereocenters. The van der Waals surface area contributed by atoms with Crippen molar-refractivity contribution in [3.63, 3.8) is 0 Å². The van der Waals surface area contributed by atoms with Crippen LogP contribution < -0.4 is 5.32 Å². The van der Waals surface area contributed by atoms with Gasteiger partial charge in [-0.1, -0.05) is 0 Å². The minimum Gasteiger partial charge on any atom is -0.469 e. The van der Waals surface area contributed by atoms with Crippen LogP contribution in [0.3, 0.4) is 0 Å². The van der Waals surface area contributed by atoms with E-state index in [1.54, 1.807) is 11.3 Å². The van der Waals surface area contributed by atoms with Crippen molar-refractivity contribution in [1.29, 1.82) is 0 Å². The van der Waals surface area contributed by atoms with Gasteiger partial charge in [0.25, 0.3) is 0 Å². The van der Waals surface area contributed by atoms with Crippen molar-refractivity contribution in [2.24, 2.45) is 0 Å². The predicted octanol–water partition coefficient (Wildman–Crippen LogP) is 2.88. The lowest BCUT2D eigenvalue weighted by Crippen LogP contribution is -2.05. The van der Waals surface area contributed by atoms with Crippen LogP contribution in [-0.2, 0) is 9.53 Å². The molecule has 1 aromatic heterocycles. The fraction of sp³-hybridized carbons (Fsp3) is 0.444. The molecule has 78 valence electrons. The molecule has 0 amide bonds. The monoisotopic (exact) mass is 277 g/mol. The first-order chi connectivity index (χ1) is 6.72. The quantitative estimate of drug-likeness (QED) is 0.665. The summed E-state index contributed by atoms with van der Waals surface area (Å²) < 4.78 is 5.62. The number of nitrogens with one attached hydrogen (secondary N) is 1. The Morgan fingerprint density at radius 2 is 2.50 bits per heavy atom. The lowest BCUT2D eigenvalue weighted by Gasteiger charge is -2.01. The van der Waals surface area contributed by atoms with Crippen molar-refractivity contribution < 1.29 is 9.53 Å². The Balaban J connectivity index is 2.13. The number of esters is 1. The third-order valence-corrected chi connectivity index (χ3v) is 3.30. The molecule has 0 fully saturated rings. The normalized spacial score (nSPS) is 9.86. The van der Waals surface area contributed by atoms with Crippen LogP contribution in [0, 0.1) is 0 Å². The average molecular weight is 278 g/mol. The Labute approximate surface area is 95.6 Å². The second kappa shape index (κ2) is 6.03. The van der Waals surface area contributed by atoms with Gasteiger partial charge in [0.15, 0.2) is 0 Å². The summed E-state index contributed by atoms with van der Waals surface area (Å²) >= 11 is 5.01. The molecule has 0 radical (unpaired) electrons. The fourth-order valence-electron chi connectivity index (χ4n) is 0.952. The Bertz CT molecular complexity index is 301. The standard InChI is InChI=1S/C9H12BrNO2S/c1-13-9(12)3-2-4-11-8-5-7(10)6-14-8/h5-6,11H,2-4H2,1H3. The highest BCUT2D eigenvalue weighted by Gasteiger charge is 2.00. The number of rotatable bonds is 5. The van der Waals surface area contributed by atoms with Crippen molar-refractivity contribution in [2.45, 2.75) is 12.8 Å². The van der Waals surface area contributed by atoms with Crippen molar-refractivity contribution in [2.75, 3.05) is 19.0 Å². The van der Waals surface area contributed by atoms with Gasteiger partial charge in [0, 0.05) is 22.8 Å². The Morgan fingerprint density at radius 3 is 3.07 bits per heavy atom. The molecule has 1 N–H and O–H groups in total. The number of thiophene rings is 1. The van der Waals surface area contributed by atoms with E-state index in [0.717, 1.165) is 22.4 Å². The first-order valence-corrected chi connectivity index (χ1v) is 5.94. The van der Waals surface area contributed by atoms with E-state index in [2.05, 4.69) is 26.0 Å². The molecule has 0 aliphatic carbocycles. The molecule has 0 spiro atoms. The number of methoxy groups -OCH3 is 1. The number of hydrogen-bond acceptors (Lipinski definition) is 4. The lowest BCUT2D eigenvalue weighted by molar-refractivity contribution is -0.140. The molecule has 3 nitrogen and oxygen atoms in total. The van der Waals surface area contributed by atoms with Crippen LogP contribution in [0.2, 0.25) is 0 Å². The highest BCUT2D eigenvalue weighted by Crippen LogP contribution is 2.24. The smallest absolute Gasteiger partial charge is 0.305 e. The van der Waals surface area contributed by atoms with E-state index in [4.69, 9.17) is 0 Å². The summed E-state index contributed by atoms with van der Waals surface area (Å²) in [7, 11) is 1.41. The zero-order valence-corrected chi connectivity index (χ0v) is 10.3. The van der Waals surface area contributed by atoms with E-state index in [1.807, 2.05) is 11.4 Å². The summed E-state index contributed by atoms with van der Waals surface area (Å²) in [6.45, 7) is 0.794. The van der Waals surface area contributed by atoms with Gasteiger partial charge in [-0.05, 0) is 28.4 Å². The van der Waals surface area contributed by atoms with Gasteiger partial charge in [-0.15, -0.1) is 11.3 Å². The summed E-state index contributed by atoms with van der Waals surface area (Å²) in [5, 5.41) is 6.35. The summed E-state index contributed by atoms with van der Waals surface area (Å²) in [6, 6.07) is 2.02. The van der Waals surface area contributed by atoms with Gasteiger partial charge in [0.2, 0.25) is 0 Å². The minimum absolute atomic E-state index is 0.154. The summed E-state index contributed by atoms with van der Waals surface area (Å²) in [5.74, 6) is -0.154. The molecule has 1 heterocycles. The zero-order valence-electron chi connectivity index (χ0n) is 7.88. The topological polar surface area (TPSA) is 38.3 Å². The SMILES string of the molecule is COC(=O)CCCNc1cc(Br)cs1. The number of carbonyl (C=O) groups is 1. The van der Waals surface area contributed by atoms with Gasteiger partial charge in [0.05, 0.1) is 12.1 Å². The van der Waals surface area contributed by atoms with Gasteiger partial charge in [-0.2, -0.15) is 0 Å². The number of carbonyl (C=O) groups excluding carboxylic acids is 1. The van der Waals surface area contributed by atoms with Crippen LogP contribution >= 0.6 is 27.3 Å². The minimum atomic E-state index is -0.154. The molecule has 5 heteroatoms. The van der Waals surface area contributed by atoms with E-state index in [0.29, 0.717) is 6.42 Å². The van der Waals surface area contributed by atoms with Crippen LogP contribution in [0.1, 0.15) is 12.8 Å². The highest BCUT2D eigenvalue weighted by molar-refractivity contribution is 9.10. The summed E-state index contributed by atoms with van der Waals surface area (Å²) in [4.78, 5) is 10.8. The number of halogens is 1. The van der Waals surface area contributed by atoms with Gasteiger partial charge < -0.3 is 10.1 Å². The first kappa shape index (κ1) is 11.5. The molecule has 0 bridgehead atoms. The Hall–Kier alpha value is -0.550. The van der Waals surface area contributed by atoms with E-state index in [-0.39, 0.29) is 5.97 Å². The van der Waals surface area contributed by atoms with Gasteiger partial charge in [-0.25, -0.2) is 0 Å². The van der Waals surface area contributed by atoms with Crippen molar-refractivity contribution >= 4 is 38.2 Å². The molecule has 0 aromatic carbocycles. The second-order valence-electron chi connectivity index (χ2n) is 2.74. The fourth-order valence-corrected chi connectivity index (χ4v) is 2.30. The maximum absolute atomic E-state index is 10.8. The Kier molecular flexibility index (Phi) is 4.97. The van der Waals surface area contributed by atoms with Crippen LogP contribution in [0.15, 0.2) is 15.9 Å².